The normalized spacial score (nSPS) is 13.2. The lowest BCUT2D eigenvalue weighted by atomic mass is 10.1. The maximum atomic E-state index is 12.0. The summed E-state index contributed by atoms with van der Waals surface area (Å²) in [6.07, 6.45) is 2.52. The molecule has 26 heavy (non-hydrogen) atoms. The summed E-state index contributed by atoms with van der Waals surface area (Å²) in [6, 6.07) is 9.47. The lowest BCUT2D eigenvalue weighted by Crippen LogP contribution is -2.31. The lowest BCUT2D eigenvalue weighted by Gasteiger charge is -2.10. The van der Waals surface area contributed by atoms with E-state index in [0.717, 1.165) is 39.3 Å². The van der Waals surface area contributed by atoms with Crippen LogP contribution in [-0.2, 0) is 6.42 Å². The van der Waals surface area contributed by atoms with Gasteiger partial charge in [-0.25, -0.2) is 9.97 Å². The Balaban J connectivity index is 1.72. The predicted molar refractivity (Wildman–Crippen MR) is 102 cm³/mol. The summed E-state index contributed by atoms with van der Waals surface area (Å²) in [7, 11) is 0. The fourth-order valence-corrected chi connectivity index (χ4v) is 3.35. The van der Waals surface area contributed by atoms with E-state index < -0.39 is 0 Å². The summed E-state index contributed by atoms with van der Waals surface area (Å²) in [4.78, 5) is 24.3. The number of halogens is 1. The van der Waals surface area contributed by atoms with Crippen LogP contribution in [0.4, 0.5) is 0 Å². The Bertz CT molecular complexity index is 983. The average Bonchev–Trinajstić information content (AvgIpc) is 3.10. The Morgan fingerprint density at radius 3 is 2.96 bits per heavy atom. The van der Waals surface area contributed by atoms with Gasteiger partial charge in [0, 0.05) is 30.4 Å². The molecule has 0 atom stereocenters. The third-order valence-electron chi connectivity index (χ3n) is 4.23. The summed E-state index contributed by atoms with van der Waals surface area (Å²) in [6.45, 7) is 3.18. The first kappa shape index (κ1) is 16.8. The van der Waals surface area contributed by atoms with Crippen LogP contribution in [0.3, 0.4) is 0 Å². The van der Waals surface area contributed by atoms with Crippen LogP contribution in [0.2, 0.25) is 0 Å². The van der Waals surface area contributed by atoms with Crippen molar-refractivity contribution in [3.63, 3.8) is 0 Å². The van der Waals surface area contributed by atoms with Crippen molar-refractivity contribution in [1.29, 1.82) is 0 Å². The number of aromatic nitrogens is 3. The van der Waals surface area contributed by atoms with Gasteiger partial charge in [0.05, 0.1) is 28.0 Å². The molecule has 3 aromatic rings. The molecule has 2 N–H and O–H groups in total. The molecule has 132 valence electrons. The molecule has 6 nitrogen and oxygen atoms in total. The number of benzene rings is 1. The zero-order valence-corrected chi connectivity index (χ0v) is 15.8. The van der Waals surface area contributed by atoms with E-state index in [1.54, 1.807) is 6.20 Å². The quantitative estimate of drug-likeness (QED) is 0.685. The van der Waals surface area contributed by atoms with Crippen molar-refractivity contribution in [3.05, 3.63) is 52.3 Å². The molecule has 0 aliphatic carbocycles. The van der Waals surface area contributed by atoms with E-state index in [4.69, 9.17) is 4.74 Å². The van der Waals surface area contributed by atoms with Gasteiger partial charge in [-0.1, -0.05) is 0 Å². The number of hydrogen-bond donors (Lipinski definition) is 2. The minimum absolute atomic E-state index is 0.0442. The first-order valence-corrected chi connectivity index (χ1v) is 9.21. The highest BCUT2D eigenvalue weighted by molar-refractivity contribution is 9.10. The minimum Gasteiger partial charge on any atom is -0.493 e. The van der Waals surface area contributed by atoms with Crippen LogP contribution in [0, 0.1) is 0 Å². The highest BCUT2D eigenvalue weighted by atomic mass is 79.9. The van der Waals surface area contributed by atoms with E-state index in [1.165, 1.54) is 0 Å². The zero-order valence-electron chi connectivity index (χ0n) is 14.2. The number of carbonyl (C=O) groups excluding carboxylic acids is 1. The van der Waals surface area contributed by atoms with Gasteiger partial charge in [-0.15, -0.1) is 0 Å². The second kappa shape index (κ2) is 6.92. The van der Waals surface area contributed by atoms with E-state index in [9.17, 15) is 4.79 Å². The van der Waals surface area contributed by atoms with Crippen molar-refractivity contribution in [2.24, 2.45) is 0 Å². The van der Waals surface area contributed by atoms with Crippen LogP contribution in [0.15, 0.2) is 41.0 Å². The molecule has 0 fully saturated rings. The Labute approximate surface area is 159 Å². The topological polar surface area (TPSA) is 79.9 Å². The fourth-order valence-electron chi connectivity index (χ4n) is 2.99. The zero-order chi connectivity index (χ0) is 18.1. The van der Waals surface area contributed by atoms with Crippen molar-refractivity contribution in [2.75, 3.05) is 13.2 Å². The summed E-state index contributed by atoms with van der Waals surface area (Å²) in [5.74, 6) is 1.32. The van der Waals surface area contributed by atoms with Gasteiger partial charge in [0.2, 0.25) is 0 Å². The van der Waals surface area contributed by atoms with Crippen LogP contribution in [0.25, 0.3) is 22.8 Å². The molecule has 2 aromatic heterocycles. The van der Waals surface area contributed by atoms with E-state index in [-0.39, 0.29) is 5.91 Å². The maximum Gasteiger partial charge on any atom is 0.253 e. The molecule has 0 radical (unpaired) electrons. The van der Waals surface area contributed by atoms with Crippen LogP contribution in [-0.4, -0.2) is 34.0 Å². The molecule has 1 aliphatic rings. The number of ether oxygens (including phenoxy) is 1. The van der Waals surface area contributed by atoms with Crippen molar-refractivity contribution >= 4 is 21.8 Å². The van der Waals surface area contributed by atoms with Crippen molar-refractivity contribution < 1.29 is 9.53 Å². The minimum atomic E-state index is -0.0442. The van der Waals surface area contributed by atoms with Crippen molar-refractivity contribution in [3.8, 4) is 28.5 Å². The standard InChI is InChI=1S/C19H17BrN4O2/c1-2-26-17-9-11(3-4-13(17)20)18-21-7-6-15(24-18)16-10-12-14(23-16)5-8-22-19(12)25/h3-4,6-7,9-10,23H,2,5,8H2,1H3,(H,22,25). The number of aromatic amines is 1. The van der Waals surface area contributed by atoms with Gasteiger partial charge >= 0.3 is 0 Å². The second-order valence-corrected chi connectivity index (χ2v) is 6.78. The number of hydrogen-bond acceptors (Lipinski definition) is 4. The molecule has 1 amide bonds. The third kappa shape index (κ3) is 3.10. The number of fused-ring (bicyclic) bond motifs is 1. The number of amides is 1. The molecule has 0 saturated carbocycles. The van der Waals surface area contributed by atoms with Crippen LogP contribution in [0.1, 0.15) is 23.0 Å². The first-order chi connectivity index (χ1) is 12.7. The molecule has 7 heteroatoms. The number of nitrogens with zero attached hydrogens (tertiary/aromatic N) is 2. The van der Waals surface area contributed by atoms with E-state index in [2.05, 4.69) is 36.2 Å². The van der Waals surface area contributed by atoms with Gasteiger partial charge in [0.25, 0.3) is 5.91 Å². The monoisotopic (exact) mass is 412 g/mol. The summed E-state index contributed by atoms with van der Waals surface area (Å²) >= 11 is 3.48. The van der Waals surface area contributed by atoms with Crippen LogP contribution < -0.4 is 10.1 Å². The highest BCUT2D eigenvalue weighted by Crippen LogP contribution is 2.30. The van der Waals surface area contributed by atoms with E-state index >= 15 is 0 Å². The number of rotatable bonds is 4. The molecule has 0 bridgehead atoms. The molecule has 0 saturated heterocycles. The van der Waals surface area contributed by atoms with Crippen LogP contribution >= 0.6 is 15.9 Å². The summed E-state index contributed by atoms with van der Waals surface area (Å²) in [5, 5.41) is 2.85. The fraction of sp³-hybridized carbons (Fsp3) is 0.211. The average molecular weight is 413 g/mol. The van der Waals surface area contributed by atoms with Gasteiger partial charge in [-0.05, 0) is 53.2 Å². The molecule has 1 aliphatic heterocycles. The van der Waals surface area contributed by atoms with E-state index in [0.29, 0.717) is 24.5 Å². The van der Waals surface area contributed by atoms with E-state index in [1.807, 2.05) is 37.3 Å². The Morgan fingerprint density at radius 2 is 2.15 bits per heavy atom. The molecular formula is C19H17BrN4O2. The second-order valence-electron chi connectivity index (χ2n) is 5.92. The molecule has 3 heterocycles. The largest absolute Gasteiger partial charge is 0.493 e. The van der Waals surface area contributed by atoms with Gasteiger partial charge in [0.1, 0.15) is 5.75 Å². The van der Waals surface area contributed by atoms with Gasteiger partial charge in [-0.2, -0.15) is 0 Å². The maximum absolute atomic E-state index is 12.0. The highest BCUT2D eigenvalue weighted by Gasteiger charge is 2.20. The Kier molecular flexibility index (Phi) is 4.46. The summed E-state index contributed by atoms with van der Waals surface area (Å²) in [5.41, 5.74) is 4.07. The van der Waals surface area contributed by atoms with Gasteiger partial charge in [-0.3, -0.25) is 4.79 Å². The van der Waals surface area contributed by atoms with Crippen LogP contribution in [0.5, 0.6) is 5.75 Å². The Morgan fingerprint density at radius 1 is 1.27 bits per heavy atom. The van der Waals surface area contributed by atoms with Crippen molar-refractivity contribution in [2.45, 2.75) is 13.3 Å². The Hall–Kier alpha value is -2.67. The van der Waals surface area contributed by atoms with Gasteiger partial charge in [0.15, 0.2) is 5.82 Å². The lowest BCUT2D eigenvalue weighted by molar-refractivity contribution is 0.0946. The SMILES string of the molecule is CCOc1cc(-c2nccc(-c3cc4c([nH]3)CCNC4=O)n2)ccc1Br. The molecule has 1 aromatic carbocycles. The molecule has 0 unspecified atom stereocenters. The number of nitrogens with one attached hydrogen (secondary N) is 2. The number of carbonyl (C=O) groups is 1. The molecular weight excluding hydrogens is 396 g/mol. The number of H-pyrrole nitrogens is 1. The smallest absolute Gasteiger partial charge is 0.253 e. The summed E-state index contributed by atoms with van der Waals surface area (Å²) < 4.78 is 6.52. The molecule has 4 rings (SSSR count). The first-order valence-electron chi connectivity index (χ1n) is 8.42. The van der Waals surface area contributed by atoms with Gasteiger partial charge < -0.3 is 15.0 Å². The molecule has 0 spiro atoms. The third-order valence-corrected chi connectivity index (χ3v) is 4.88. The van der Waals surface area contributed by atoms with Crippen molar-refractivity contribution in [1.82, 2.24) is 20.3 Å². The predicted octanol–water partition coefficient (Wildman–Crippen LogP) is 3.59.